The second-order valence-electron chi connectivity index (χ2n) is 6.89. The SMILES string of the molecule is O=C1C[C@H]2CNCCN2C(=O)N1Cc1nc(C[C@H](O)c2ccc(Cl)cc2)no1. The Hall–Kier alpha value is -2.49. The lowest BCUT2D eigenvalue weighted by molar-refractivity contribution is -0.133. The van der Waals surface area contributed by atoms with Crippen LogP contribution in [0.4, 0.5) is 4.79 Å². The largest absolute Gasteiger partial charge is 0.388 e. The van der Waals surface area contributed by atoms with E-state index in [4.69, 9.17) is 16.1 Å². The lowest BCUT2D eigenvalue weighted by Gasteiger charge is -2.42. The van der Waals surface area contributed by atoms with Gasteiger partial charge in [-0.1, -0.05) is 28.9 Å². The van der Waals surface area contributed by atoms with Crippen LogP contribution in [-0.4, -0.2) is 62.7 Å². The molecule has 2 atom stereocenters. The summed E-state index contributed by atoms with van der Waals surface area (Å²) in [7, 11) is 0. The molecule has 3 amide bonds. The molecule has 2 saturated heterocycles. The molecule has 9 nitrogen and oxygen atoms in total. The molecule has 0 bridgehead atoms. The number of rotatable bonds is 5. The summed E-state index contributed by atoms with van der Waals surface area (Å²) >= 11 is 5.85. The van der Waals surface area contributed by atoms with E-state index in [1.807, 2.05) is 0 Å². The van der Waals surface area contributed by atoms with E-state index in [-0.39, 0.29) is 43.3 Å². The van der Waals surface area contributed by atoms with E-state index in [2.05, 4.69) is 15.5 Å². The zero-order chi connectivity index (χ0) is 19.7. The van der Waals surface area contributed by atoms with Crippen molar-refractivity contribution in [3.05, 3.63) is 46.6 Å². The number of carbonyl (C=O) groups is 2. The molecule has 0 saturated carbocycles. The molecule has 1 aromatic carbocycles. The Bertz CT molecular complexity index is 871. The van der Waals surface area contributed by atoms with Gasteiger partial charge in [-0.05, 0) is 17.7 Å². The highest BCUT2D eigenvalue weighted by Crippen LogP contribution is 2.22. The molecule has 2 fully saturated rings. The highest BCUT2D eigenvalue weighted by Gasteiger charge is 2.40. The molecule has 28 heavy (non-hydrogen) atoms. The first kappa shape index (κ1) is 18.9. The number of urea groups is 1. The standard InChI is InChI=1S/C18H20ClN5O4/c19-12-3-1-11(2-4-12)14(25)8-15-21-16(28-22-15)10-24-17(26)7-13-9-20-5-6-23(13)18(24)27/h1-4,13-14,20,25H,5-10H2/t13-,14-/m0/s1. The topological polar surface area (TPSA) is 112 Å². The monoisotopic (exact) mass is 405 g/mol. The van der Waals surface area contributed by atoms with Crippen LogP contribution in [0, 0.1) is 0 Å². The maximum atomic E-state index is 12.6. The van der Waals surface area contributed by atoms with Gasteiger partial charge < -0.3 is 19.8 Å². The van der Waals surface area contributed by atoms with E-state index in [1.165, 1.54) is 0 Å². The Morgan fingerprint density at radius 2 is 2.11 bits per heavy atom. The van der Waals surface area contributed by atoms with Crippen LogP contribution in [0.5, 0.6) is 0 Å². The van der Waals surface area contributed by atoms with Gasteiger partial charge in [0, 0.05) is 37.5 Å². The van der Waals surface area contributed by atoms with Gasteiger partial charge in [-0.15, -0.1) is 0 Å². The number of hydrogen-bond donors (Lipinski definition) is 2. The van der Waals surface area contributed by atoms with Crippen LogP contribution in [0.25, 0.3) is 0 Å². The number of halogens is 1. The van der Waals surface area contributed by atoms with Crippen LogP contribution in [0.1, 0.15) is 29.8 Å². The Balaban J connectivity index is 1.41. The van der Waals surface area contributed by atoms with Gasteiger partial charge in [0.1, 0.15) is 6.54 Å². The van der Waals surface area contributed by atoms with Gasteiger partial charge in [-0.2, -0.15) is 4.98 Å². The third kappa shape index (κ3) is 3.87. The average Bonchev–Trinajstić information content (AvgIpc) is 3.12. The number of nitrogens with one attached hydrogen (secondary N) is 1. The van der Waals surface area contributed by atoms with Gasteiger partial charge in [0.15, 0.2) is 5.82 Å². The number of hydrogen-bond acceptors (Lipinski definition) is 7. The van der Waals surface area contributed by atoms with Crippen LogP contribution in [0.15, 0.2) is 28.8 Å². The minimum atomic E-state index is -0.817. The molecule has 2 aromatic rings. The number of carbonyl (C=O) groups excluding carboxylic acids is 2. The normalized spacial score (nSPS) is 21.0. The van der Waals surface area contributed by atoms with Gasteiger partial charge in [-0.3, -0.25) is 9.69 Å². The number of fused-ring (bicyclic) bond motifs is 1. The zero-order valence-electron chi connectivity index (χ0n) is 15.0. The number of imide groups is 1. The lowest BCUT2D eigenvalue weighted by Crippen LogP contribution is -2.63. The fourth-order valence-electron chi connectivity index (χ4n) is 3.47. The predicted molar refractivity (Wildman–Crippen MR) is 98.3 cm³/mol. The Kier molecular flexibility index (Phi) is 5.29. The van der Waals surface area contributed by atoms with Crippen LogP contribution >= 0.6 is 11.6 Å². The number of aliphatic hydroxyl groups is 1. The van der Waals surface area contributed by atoms with Crippen molar-refractivity contribution in [2.75, 3.05) is 19.6 Å². The van der Waals surface area contributed by atoms with Crippen molar-refractivity contribution in [2.45, 2.75) is 31.5 Å². The maximum absolute atomic E-state index is 12.6. The molecule has 0 aliphatic carbocycles. The van der Waals surface area contributed by atoms with Crippen LogP contribution in [0.2, 0.25) is 5.02 Å². The van der Waals surface area contributed by atoms with Crippen LogP contribution in [-0.2, 0) is 17.8 Å². The van der Waals surface area contributed by atoms with E-state index in [0.717, 1.165) is 4.90 Å². The molecular formula is C18H20ClN5O4. The fourth-order valence-corrected chi connectivity index (χ4v) is 3.60. The van der Waals surface area contributed by atoms with E-state index >= 15 is 0 Å². The van der Waals surface area contributed by atoms with Crippen LogP contribution < -0.4 is 5.32 Å². The molecule has 4 rings (SSSR count). The van der Waals surface area contributed by atoms with E-state index in [9.17, 15) is 14.7 Å². The van der Waals surface area contributed by atoms with Gasteiger partial charge in [0.2, 0.25) is 11.8 Å². The molecule has 2 aliphatic heterocycles. The molecule has 2 N–H and O–H groups in total. The summed E-state index contributed by atoms with van der Waals surface area (Å²) in [5.41, 5.74) is 0.682. The number of piperazine rings is 1. The first-order valence-electron chi connectivity index (χ1n) is 9.08. The zero-order valence-corrected chi connectivity index (χ0v) is 15.8. The Morgan fingerprint density at radius 1 is 1.32 bits per heavy atom. The third-order valence-electron chi connectivity index (χ3n) is 4.97. The second kappa shape index (κ2) is 7.86. The molecule has 148 valence electrons. The predicted octanol–water partition coefficient (Wildman–Crippen LogP) is 1.13. The van der Waals surface area contributed by atoms with Crippen molar-refractivity contribution < 1.29 is 19.2 Å². The maximum Gasteiger partial charge on any atom is 0.327 e. The average molecular weight is 406 g/mol. The van der Waals surface area contributed by atoms with Gasteiger partial charge in [0.05, 0.1) is 12.1 Å². The van der Waals surface area contributed by atoms with Gasteiger partial charge >= 0.3 is 6.03 Å². The molecule has 0 radical (unpaired) electrons. The lowest BCUT2D eigenvalue weighted by atomic mass is 10.1. The molecule has 2 aliphatic rings. The van der Waals surface area contributed by atoms with Gasteiger partial charge in [0.25, 0.3) is 0 Å². The van der Waals surface area contributed by atoms with Crippen molar-refractivity contribution in [1.29, 1.82) is 0 Å². The molecule has 10 heteroatoms. The minimum absolute atomic E-state index is 0.0711. The number of aromatic nitrogens is 2. The summed E-state index contributed by atoms with van der Waals surface area (Å²) in [6.07, 6.45) is -0.398. The van der Waals surface area contributed by atoms with Gasteiger partial charge in [-0.25, -0.2) is 4.79 Å². The first-order chi connectivity index (χ1) is 13.5. The quantitative estimate of drug-likeness (QED) is 0.766. The fraction of sp³-hybridized carbons (Fsp3) is 0.444. The third-order valence-corrected chi connectivity index (χ3v) is 5.22. The van der Waals surface area contributed by atoms with Crippen molar-refractivity contribution in [2.24, 2.45) is 0 Å². The number of nitrogens with zero attached hydrogens (tertiary/aromatic N) is 4. The summed E-state index contributed by atoms with van der Waals surface area (Å²) in [6, 6.07) is 6.41. The molecule has 3 heterocycles. The van der Waals surface area contributed by atoms with E-state index < -0.39 is 6.10 Å². The number of benzene rings is 1. The highest BCUT2D eigenvalue weighted by molar-refractivity contribution is 6.30. The Labute approximate surface area is 166 Å². The summed E-state index contributed by atoms with van der Waals surface area (Å²) in [6.45, 7) is 1.82. The Morgan fingerprint density at radius 3 is 2.89 bits per heavy atom. The highest BCUT2D eigenvalue weighted by atomic mass is 35.5. The minimum Gasteiger partial charge on any atom is -0.388 e. The summed E-state index contributed by atoms with van der Waals surface area (Å²) in [5.74, 6) is 0.207. The second-order valence-corrected chi connectivity index (χ2v) is 7.33. The molecule has 1 aromatic heterocycles. The van der Waals surface area contributed by atoms with Crippen molar-refractivity contribution in [3.8, 4) is 0 Å². The van der Waals surface area contributed by atoms with E-state index in [0.29, 0.717) is 36.0 Å². The summed E-state index contributed by atoms with van der Waals surface area (Å²) in [5, 5.41) is 17.9. The number of aliphatic hydroxyl groups excluding tert-OH is 1. The first-order valence-corrected chi connectivity index (χ1v) is 9.45. The van der Waals surface area contributed by atoms with Crippen molar-refractivity contribution >= 4 is 23.5 Å². The summed E-state index contributed by atoms with van der Waals surface area (Å²) in [4.78, 5) is 32.1. The van der Waals surface area contributed by atoms with E-state index in [1.54, 1.807) is 29.2 Å². The van der Waals surface area contributed by atoms with Crippen LogP contribution in [0.3, 0.4) is 0 Å². The molecular weight excluding hydrogens is 386 g/mol. The van der Waals surface area contributed by atoms with Crippen molar-refractivity contribution in [1.82, 2.24) is 25.3 Å². The molecule has 0 unspecified atom stereocenters. The summed E-state index contributed by atoms with van der Waals surface area (Å²) < 4.78 is 5.19. The van der Waals surface area contributed by atoms with Crippen molar-refractivity contribution in [3.63, 3.8) is 0 Å². The molecule has 0 spiro atoms. The smallest absolute Gasteiger partial charge is 0.327 e. The number of amides is 3.